The van der Waals surface area contributed by atoms with Gasteiger partial charge in [0.15, 0.2) is 0 Å². The summed E-state index contributed by atoms with van der Waals surface area (Å²) in [5, 5.41) is 0. The molecule has 0 bridgehead atoms. The zero-order valence-electron chi connectivity index (χ0n) is 6.60. The van der Waals surface area contributed by atoms with E-state index >= 15 is 0 Å². The topological polar surface area (TPSA) is 65.7 Å². The quantitative estimate of drug-likeness (QED) is 0.567. The summed E-state index contributed by atoms with van der Waals surface area (Å²) in [5.41, 5.74) is 0.558. The van der Waals surface area contributed by atoms with Crippen LogP contribution in [0.5, 0.6) is 0 Å². The second-order valence-corrected chi connectivity index (χ2v) is 5.44. The molecule has 0 aliphatic heterocycles. The van der Waals surface area contributed by atoms with E-state index in [2.05, 4.69) is 32.6 Å². The molecule has 0 spiro atoms. The molecular formula is C7H5IN2O2S. The van der Waals surface area contributed by atoms with Gasteiger partial charge in [-0.15, -0.1) is 11.3 Å². The number of halogens is 1. The van der Waals surface area contributed by atoms with Crippen molar-refractivity contribution in [3.63, 3.8) is 0 Å². The van der Waals surface area contributed by atoms with Gasteiger partial charge in [0.05, 0.1) is 8.40 Å². The van der Waals surface area contributed by atoms with Gasteiger partial charge in [-0.05, 0) is 35.1 Å². The second kappa shape index (κ2) is 2.95. The van der Waals surface area contributed by atoms with Crippen LogP contribution < -0.4 is 11.1 Å². The van der Waals surface area contributed by atoms with Gasteiger partial charge in [-0.3, -0.25) is 9.59 Å². The van der Waals surface area contributed by atoms with E-state index in [0.29, 0.717) is 0 Å². The highest BCUT2D eigenvalue weighted by Gasteiger charge is 2.08. The van der Waals surface area contributed by atoms with E-state index in [1.807, 2.05) is 6.92 Å². The molecule has 2 rings (SSSR count). The number of aromatic amines is 2. The number of aryl methyl sites for hydroxylation is 1. The van der Waals surface area contributed by atoms with Gasteiger partial charge < -0.3 is 9.97 Å². The smallest absolute Gasteiger partial charge is 0.314 e. The van der Waals surface area contributed by atoms with Gasteiger partial charge in [-0.25, -0.2) is 0 Å². The molecule has 2 heterocycles. The van der Waals surface area contributed by atoms with Crippen molar-refractivity contribution in [1.29, 1.82) is 0 Å². The molecule has 0 aromatic carbocycles. The van der Waals surface area contributed by atoms with Crippen LogP contribution in [-0.2, 0) is 0 Å². The molecule has 0 amide bonds. The number of fused-ring (bicyclic) bond motifs is 1. The van der Waals surface area contributed by atoms with Gasteiger partial charge in [0.1, 0.15) is 4.83 Å². The van der Waals surface area contributed by atoms with Gasteiger partial charge in [-0.1, -0.05) is 0 Å². The number of aromatic nitrogens is 2. The standard InChI is InChI=1S/C7H5IN2O2S/c1-2-3-7(13-4(2)8)10-6(12)5(11)9-3/h1H3,(H,9,11)(H,10,12). The fourth-order valence-electron chi connectivity index (χ4n) is 1.05. The van der Waals surface area contributed by atoms with Crippen LogP contribution in [0.25, 0.3) is 10.3 Å². The second-order valence-electron chi connectivity index (χ2n) is 2.61. The number of H-pyrrole nitrogens is 2. The molecule has 0 fully saturated rings. The van der Waals surface area contributed by atoms with Crippen LogP contribution in [0.1, 0.15) is 5.56 Å². The van der Waals surface area contributed by atoms with Crippen LogP contribution >= 0.6 is 33.9 Å². The van der Waals surface area contributed by atoms with Crippen LogP contribution in [0, 0.1) is 9.81 Å². The molecule has 0 aliphatic rings. The Morgan fingerprint density at radius 3 is 2.54 bits per heavy atom. The summed E-state index contributed by atoms with van der Waals surface area (Å²) in [4.78, 5) is 27.8. The van der Waals surface area contributed by atoms with Gasteiger partial charge in [0.2, 0.25) is 0 Å². The molecule has 4 nitrogen and oxygen atoms in total. The van der Waals surface area contributed by atoms with Crippen molar-refractivity contribution in [2.75, 3.05) is 0 Å². The zero-order valence-corrected chi connectivity index (χ0v) is 9.58. The van der Waals surface area contributed by atoms with Crippen LogP contribution in [0.3, 0.4) is 0 Å². The summed E-state index contributed by atoms with van der Waals surface area (Å²) < 4.78 is 1.07. The lowest BCUT2D eigenvalue weighted by Gasteiger charge is -1.89. The van der Waals surface area contributed by atoms with Crippen molar-refractivity contribution in [1.82, 2.24) is 9.97 Å². The molecule has 0 aliphatic carbocycles. The van der Waals surface area contributed by atoms with E-state index in [4.69, 9.17) is 0 Å². The molecular weight excluding hydrogens is 303 g/mol. The van der Waals surface area contributed by atoms with Crippen molar-refractivity contribution in [2.45, 2.75) is 6.92 Å². The highest BCUT2D eigenvalue weighted by atomic mass is 127. The van der Waals surface area contributed by atoms with Crippen LogP contribution in [-0.4, -0.2) is 9.97 Å². The third-order valence-electron chi connectivity index (χ3n) is 1.76. The lowest BCUT2D eigenvalue weighted by molar-refractivity contribution is 1.15. The predicted molar refractivity (Wildman–Crippen MR) is 60.5 cm³/mol. The van der Waals surface area contributed by atoms with Crippen LogP contribution in [0.2, 0.25) is 0 Å². The number of hydrogen-bond acceptors (Lipinski definition) is 3. The highest BCUT2D eigenvalue weighted by Crippen LogP contribution is 2.27. The maximum Gasteiger partial charge on any atom is 0.314 e. The Bertz CT molecular complexity index is 580. The highest BCUT2D eigenvalue weighted by molar-refractivity contribution is 14.1. The fraction of sp³-hybridized carbons (Fsp3) is 0.143. The maximum atomic E-state index is 11.0. The van der Waals surface area contributed by atoms with Crippen molar-refractivity contribution in [3.05, 3.63) is 29.2 Å². The Kier molecular flexibility index (Phi) is 2.03. The molecule has 0 unspecified atom stereocenters. The third kappa shape index (κ3) is 1.33. The van der Waals surface area contributed by atoms with Crippen LogP contribution in [0.4, 0.5) is 0 Å². The predicted octanol–water partition coefficient (Wildman–Crippen LogP) is 1.19. The molecule has 6 heteroatoms. The molecule has 2 aromatic heterocycles. The van der Waals surface area contributed by atoms with Crippen LogP contribution in [0.15, 0.2) is 9.59 Å². The lowest BCUT2D eigenvalue weighted by Crippen LogP contribution is -2.28. The van der Waals surface area contributed by atoms with E-state index < -0.39 is 11.1 Å². The monoisotopic (exact) mass is 308 g/mol. The first kappa shape index (κ1) is 8.95. The summed E-state index contributed by atoms with van der Waals surface area (Å²) in [7, 11) is 0. The minimum atomic E-state index is -0.593. The van der Waals surface area contributed by atoms with E-state index in [0.717, 1.165) is 18.8 Å². The molecule has 2 aromatic rings. The third-order valence-corrected chi connectivity index (χ3v) is 4.23. The molecule has 68 valence electrons. The minimum absolute atomic E-state index is 0.592. The normalized spacial score (nSPS) is 10.9. The van der Waals surface area contributed by atoms with Gasteiger partial charge in [0, 0.05) is 0 Å². The average molecular weight is 308 g/mol. The van der Waals surface area contributed by atoms with Gasteiger partial charge >= 0.3 is 11.1 Å². The number of nitrogens with one attached hydrogen (secondary N) is 2. The molecule has 13 heavy (non-hydrogen) atoms. The van der Waals surface area contributed by atoms with Gasteiger partial charge in [-0.2, -0.15) is 0 Å². The Morgan fingerprint density at radius 2 is 1.85 bits per heavy atom. The fourth-order valence-corrected chi connectivity index (χ4v) is 2.87. The number of rotatable bonds is 0. The Morgan fingerprint density at radius 1 is 1.23 bits per heavy atom. The first-order valence-corrected chi connectivity index (χ1v) is 5.40. The molecule has 0 radical (unpaired) electrons. The molecule has 0 saturated heterocycles. The van der Waals surface area contributed by atoms with Crippen molar-refractivity contribution in [2.24, 2.45) is 0 Å². The van der Waals surface area contributed by atoms with Crippen molar-refractivity contribution in [3.8, 4) is 0 Å². The summed E-state index contributed by atoms with van der Waals surface area (Å²) in [6, 6.07) is 0. The first-order valence-electron chi connectivity index (χ1n) is 3.51. The Hall–Kier alpha value is -0.630. The minimum Gasteiger partial charge on any atom is -0.315 e. The maximum absolute atomic E-state index is 11.0. The molecule has 2 N–H and O–H groups in total. The number of hydrogen-bond donors (Lipinski definition) is 2. The SMILES string of the molecule is Cc1c(I)sc2[nH]c(=O)c(=O)[nH]c12. The molecule has 0 saturated carbocycles. The summed E-state index contributed by atoms with van der Waals surface area (Å²) in [6.07, 6.45) is 0. The zero-order chi connectivity index (χ0) is 9.59. The summed E-state index contributed by atoms with van der Waals surface area (Å²) >= 11 is 3.64. The van der Waals surface area contributed by atoms with E-state index in [1.54, 1.807) is 0 Å². The Labute approximate surface area is 90.1 Å². The Balaban J connectivity index is 3.06. The number of thiophene rings is 1. The van der Waals surface area contributed by atoms with Gasteiger partial charge in [0.25, 0.3) is 0 Å². The summed E-state index contributed by atoms with van der Waals surface area (Å²) in [5.74, 6) is 0. The van der Waals surface area contributed by atoms with E-state index in [1.165, 1.54) is 11.3 Å². The average Bonchev–Trinajstić information content (AvgIpc) is 2.32. The molecule has 0 atom stereocenters. The lowest BCUT2D eigenvalue weighted by atomic mass is 10.3. The van der Waals surface area contributed by atoms with E-state index in [-0.39, 0.29) is 0 Å². The first-order chi connectivity index (χ1) is 6.09. The summed E-state index contributed by atoms with van der Waals surface area (Å²) in [6.45, 7) is 1.91. The largest absolute Gasteiger partial charge is 0.315 e. The van der Waals surface area contributed by atoms with Crippen molar-refractivity contribution >= 4 is 44.3 Å². The van der Waals surface area contributed by atoms with Crippen molar-refractivity contribution < 1.29 is 0 Å². The van der Waals surface area contributed by atoms with E-state index in [9.17, 15) is 9.59 Å².